The Morgan fingerprint density at radius 1 is 0.844 bits per heavy atom. The first kappa shape index (κ1) is 18.4. The van der Waals surface area contributed by atoms with Crippen molar-refractivity contribution in [2.75, 3.05) is 10.6 Å². The number of carbonyl (C=O) groups is 1. The van der Waals surface area contributed by atoms with E-state index in [1.807, 2.05) is 0 Å². The van der Waals surface area contributed by atoms with Crippen molar-refractivity contribution < 1.29 is 9.21 Å². The van der Waals surface area contributed by atoms with Gasteiger partial charge in [-0.25, -0.2) is 9.59 Å². The third-order valence-corrected chi connectivity index (χ3v) is 6.39. The number of nitrogens with one attached hydrogen (secondary N) is 2. The average molecular weight is 428 g/mol. The van der Waals surface area contributed by atoms with Gasteiger partial charge in [0.1, 0.15) is 16.8 Å². The van der Waals surface area contributed by atoms with Gasteiger partial charge in [0, 0.05) is 30.7 Å². The van der Waals surface area contributed by atoms with E-state index in [4.69, 9.17) is 4.42 Å². The van der Waals surface area contributed by atoms with Crippen LogP contribution < -0.4 is 27.5 Å². The van der Waals surface area contributed by atoms with Gasteiger partial charge >= 0.3 is 11.3 Å². The van der Waals surface area contributed by atoms with Crippen molar-refractivity contribution in [1.29, 1.82) is 0 Å². The molecule has 32 heavy (non-hydrogen) atoms. The van der Waals surface area contributed by atoms with Crippen LogP contribution in [-0.2, 0) is 24.3 Å². The predicted molar refractivity (Wildman–Crippen MR) is 118 cm³/mol. The van der Waals surface area contributed by atoms with E-state index in [-0.39, 0.29) is 16.9 Å². The van der Waals surface area contributed by atoms with E-state index in [0.29, 0.717) is 27.9 Å². The second-order valence-corrected chi connectivity index (χ2v) is 7.94. The Bertz CT molecular complexity index is 1690. The number of nitrogens with zero attached hydrogens (tertiary/aromatic N) is 2. The van der Waals surface area contributed by atoms with E-state index in [1.165, 1.54) is 18.7 Å². The Morgan fingerprint density at radius 2 is 1.56 bits per heavy atom. The summed E-state index contributed by atoms with van der Waals surface area (Å²) in [6.07, 6.45) is 0. The SMILES string of the molecule is Cn1c2c(c(=O)n(C)c1=O)C1(C(=O)Nc3ccccc31)c1c(c3ccccc3oc1=O)N2. The minimum atomic E-state index is -1.78. The van der Waals surface area contributed by atoms with Crippen LogP contribution in [0.5, 0.6) is 0 Å². The number of hydrogen-bond acceptors (Lipinski definition) is 6. The molecular weight excluding hydrogens is 412 g/mol. The summed E-state index contributed by atoms with van der Waals surface area (Å²) in [5.74, 6) is -0.394. The van der Waals surface area contributed by atoms with Crippen LogP contribution in [0, 0.1) is 0 Å². The molecule has 0 saturated carbocycles. The average Bonchev–Trinajstić information content (AvgIpc) is 3.08. The Balaban J connectivity index is 1.93. The molecule has 1 spiro atoms. The van der Waals surface area contributed by atoms with E-state index in [0.717, 1.165) is 4.57 Å². The van der Waals surface area contributed by atoms with Crippen LogP contribution >= 0.6 is 0 Å². The molecule has 0 aliphatic carbocycles. The fourth-order valence-corrected chi connectivity index (χ4v) is 4.95. The lowest BCUT2D eigenvalue weighted by atomic mass is 9.68. The van der Waals surface area contributed by atoms with Crippen LogP contribution in [0.2, 0.25) is 0 Å². The number of anilines is 3. The molecule has 6 rings (SSSR count). The molecule has 9 nitrogen and oxygen atoms in total. The number of benzene rings is 2. The first-order chi connectivity index (χ1) is 15.4. The van der Waals surface area contributed by atoms with E-state index < -0.39 is 28.2 Å². The minimum Gasteiger partial charge on any atom is -0.422 e. The van der Waals surface area contributed by atoms with Crippen molar-refractivity contribution in [3.8, 4) is 0 Å². The molecule has 2 N–H and O–H groups in total. The van der Waals surface area contributed by atoms with E-state index in [2.05, 4.69) is 10.6 Å². The lowest BCUT2D eigenvalue weighted by Gasteiger charge is -2.36. The molecule has 2 aliphatic heterocycles. The van der Waals surface area contributed by atoms with Crippen molar-refractivity contribution in [3.63, 3.8) is 0 Å². The fraction of sp³-hybridized carbons (Fsp3) is 0.130. The molecule has 0 fully saturated rings. The topological polar surface area (TPSA) is 115 Å². The molecule has 9 heteroatoms. The maximum atomic E-state index is 13.7. The molecule has 0 bridgehead atoms. The van der Waals surface area contributed by atoms with Crippen LogP contribution in [0.3, 0.4) is 0 Å². The highest BCUT2D eigenvalue weighted by atomic mass is 16.4. The molecule has 0 radical (unpaired) electrons. The van der Waals surface area contributed by atoms with Gasteiger partial charge in [0.05, 0.1) is 16.8 Å². The van der Waals surface area contributed by atoms with E-state index in [9.17, 15) is 19.2 Å². The highest BCUT2D eigenvalue weighted by Gasteiger charge is 2.58. The van der Waals surface area contributed by atoms with Gasteiger partial charge in [0.15, 0.2) is 0 Å². The summed E-state index contributed by atoms with van der Waals surface area (Å²) in [6, 6.07) is 13.8. The van der Waals surface area contributed by atoms with Crippen molar-refractivity contribution in [3.05, 3.63) is 96.5 Å². The summed E-state index contributed by atoms with van der Waals surface area (Å²) in [5.41, 5.74) is -2.13. The largest absolute Gasteiger partial charge is 0.422 e. The minimum absolute atomic E-state index is 0.000342. The van der Waals surface area contributed by atoms with Gasteiger partial charge in [-0.1, -0.05) is 30.3 Å². The van der Waals surface area contributed by atoms with Crippen LogP contribution in [-0.4, -0.2) is 15.0 Å². The molecule has 1 amide bonds. The monoisotopic (exact) mass is 428 g/mol. The Morgan fingerprint density at radius 3 is 2.38 bits per heavy atom. The molecule has 1 unspecified atom stereocenters. The van der Waals surface area contributed by atoms with E-state index >= 15 is 0 Å². The third kappa shape index (κ3) is 1.93. The van der Waals surface area contributed by atoms with Crippen molar-refractivity contribution >= 4 is 34.1 Å². The molecule has 2 aliphatic rings. The maximum Gasteiger partial charge on any atom is 0.343 e. The molecule has 158 valence electrons. The molecule has 1 atom stereocenters. The number of rotatable bonds is 0. The van der Waals surface area contributed by atoms with Gasteiger partial charge in [-0.2, -0.15) is 0 Å². The highest BCUT2D eigenvalue weighted by Crippen LogP contribution is 2.53. The number of amides is 1. The summed E-state index contributed by atoms with van der Waals surface area (Å²) in [4.78, 5) is 53.3. The number of para-hydroxylation sites is 2. The van der Waals surface area contributed by atoms with Crippen molar-refractivity contribution in [2.45, 2.75) is 5.41 Å². The standard InChI is InChI=1S/C23H16N4O5/c1-26-18-16(19(28)27(2)22(26)31)23(12-8-4-5-9-13(12)24-21(23)30)15-17(25-18)11-7-3-6-10-14(11)32-20(15)29/h3-10,25H,1-2H3,(H,24,30). The summed E-state index contributed by atoms with van der Waals surface area (Å²) in [5, 5.41) is 6.48. The Labute approximate surface area is 179 Å². The summed E-state index contributed by atoms with van der Waals surface area (Å²) >= 11 is 0. The molecule has 4 aromatic rings. The number of aromatic nitrogens is 2. The zero-order valence-corrected chi connectivity index (χ0v) is 17.1. The van der Waals surface area contributed by atoms with Crippen molar-refractivity contribution in [1.82, 2.24) is 9.13 Å². The summed E-state index contributed by atoms with van der Waals surface area (Å²) in [6.45, 7) is 0. The summed E-state index contributed by atoms with van der Waals surface area (Å²) in [7, 11) is 2.86. The first-order valence-electron chi connectivity index (χ1n) is 9.92. The maximum absolute atomic E-state index is 13.7. The zero-order valence-electron chi connectivity index (χ0n) is 17.1. The van der Waals surface area contributed by atoms with Crippen LogP contribution in [0.15, 0.2) is 67.3 Å². The lowest BCUT2D eigenvalue weighted by molar-refractivity contribution is -0.118. The Kier molecular flexibility index (Phi) is 3.36. The molecular formula is C23H16N4O5. The second-order valence-electron chi connectivity index (χ2n) is 7.94. The van der Waals surface area contributed by atoms with E-state index in [1.54, 1.807) is 48.5 Å². The predicted octanol–water partition coefficient (Wildman–Crippen LogP) is 1.53. The van der Waals surface area contributed by atoms with Gasteiger partial charge in [-0.15, -0.1) is 0 Å². The first-order valence-corrected chi connectivity index (χ1v) is 9.92. The van der Waals surface area contributed by atoms with Gasteiger partial charge in [-0.3, -0.25) is 18.7 Å². The summed E-state index contributed by atoms with van der Waals surface area (Å²) < 4.78 is 7.81. The van der Waals surface area contributed by atoms with Crippen LogP contribution in [0.25, 0.3) is 11.0 Å². The molecule has 2 aromatic heterocycles. The third-order valence-electron chi connectivity index (χ3n) is 6.39. The second kappa shape index (κ2) is 5.85. The smallest absolute Gasteiger partial charge is 0.343 e. The molecule has 4 heterocycles. The quantitative estimate of drug-likeness (QED) is 0.411. The Hall–Kier alpha value is -4.40. The molecule has 0 saturated heterocycles. The van der Waals surface area contributed by atoms with Crippen molar-refractivity contribution in [2.24, 2.45) is 14.1 Å². The zero-order chi connectivity index (χ0) is 22.4. The number of fused-ring (bicyclic) bond motifs is 8. The van der Waals surface area contributed by atoms with Gasteiger partial charge in [-0.05, 0) is 18.2 Å². The van der Waals surface area contributed by atoms with Gasteiger partial charge in [0.25, 0.3) is 5.56 Å². The number of hydrogen-bond donors (Lipinski definition) is 2. The fourth-order valence-electron chi connectivity index (χ4n) is 4.95. The van der Waals surface area contributed by atoms with Crippen LogP contribution in [0.1, 0.15) is 16.7 Å². The lowest BCUT2D eigenvalue weighted by Crippen LogP contribution is -2.52. The highest BCUT2D eigenvalue weighted by molar-refractivity contribution is 6.15. The van der Waals surface area contributed by atoms with Gasteiger partial charge < -0.3 is 15.1 Å². The number of carbonyl (C=O) groups excluding carboxylic acids is 1. The molecule has 2 aromatic carbocycles. The van der Waals surface area contributed by atoms with Gasteiger partial charge in [0.2, 0.25) is 5.91 Å². The normalized spacial score (nSPS) is 18.1. The van der Waals surface area contributed by atoms with Crippen LogP contribution in [0.4, 0.5) is 17.2 Å².